The minimum atomic E-state index is 0.340. The molecule has 0 amide bonds. The SMILES string of the molecule is CC1(C(N)Cc2ccsc2)CCCCC1. The van der Waals surface area contributed by atoms with E-state index in [2.05, 4.69) is 23.8 Å². The van der Waals surface area contributed by atoms with Gasteiger partial charge in [0.25, 0.3) is 0 Å². The third-order valence-electron chi connectivity index (χ3n) is 3.93. The summed E-state index contributed by atoms with van der Waals surface area (Å²) in [6.07, 6.45) is 7.83. The minimum absolute atomic E-state index is 0.340. The highest BCUT2D eigenvalue weighted by atomic mass is 32.1. The van der Waals surface area contributed by atoms with Crippen molar-refractivity contribution in [3.8, 4) is 0 Å². The van der Waals surface area contributed by atoms with Gasteiger partial charge in [-0.2, -0.15) is 11.3 Å². The van der Waals surface area contributed by atoms with Crippen LogP contribution in [0.1, 0.15) is 44.6 Å². The maximum Gasteiger partial charge on any atom is 0.0134 e. The van der Waals surface area contributed by atoms with Crippen molar-refractivity contribution in [1.82, 2.24) is 0 Å². The molecule has 2 rings (SSSR count). The maximum atomic E-state index is 6.38. The van der Waals surface area contributed by atoms with E-state index >= 15 is 0 Å². The first-order chi connectivity index (χ1) is 7.21. The van der Waals surface area contributed by atoms with Crippen LogP contribution in [0.25, 0.3) is 0 Å². The lowest BCUT2D eigenvalue weighted by molar-refractivity contribution is 0.169. The van der Waals surface area contributed by atoms with Crippen LogP contribution in [-0.4, -0.2) is 6.04 Å². The Hall–Kier alpha value is -0.340. The molecule has 0 spiro atoms. The molecule has 1 aromatic rings. The summed E-state index contributed by atoms with van der Waals surface area (Å²) in [5.74, 6) is 0. The Kier molecular flexibility index (Phi) is 3.47. The van der Waals surface area contributed by atoms with Gasteiger partial charge in [-0.25, -0.2) is 0 Å². The van der Waals surface area contributed by atoms with E-state index in [1.807, 2.05) is 0 Å². The second-order valence-corrected chi connectivity index (χ2v) is 5.94. The van der Waals surface area contributed by atoms with E-state index in [0.29, 0.717) is 11.5 Å². The zero-order valence-electron chi connectivity index (χ0n) is 9.54. The maximum absolute atomic E-state index is 6.38. The second kappa shape index (κ2) is 4.67. The Morgan fingerprint density at radius 3 is 2.73 bits per heavy atom. The predicted octanol–water partition coefficient (Wildman–Crippen LogP) is 3.59. The van der Waals surface area contributed by atoms with Crippen molar-refractivity contribution >= 4 is 11.3 Å². The van der Waals surface area contributed by atoms with Crippen molar-refractivity contribution in [3.05, 3.63) is 22.4 Å². The molecule has 1 atom stereocenters. The van der Waals surface area contributed by atoms with Crippen LogP contribution in [-0.2, 0) is 6.42 Å². The molecule has 1 saturated carbocycles. The molecule has 1 unspecified atom stereocenters. The van der Waals surface area contributed by atoms with Gasteiger partial charge in [0.15, 0.2) is 0 Å². The number of rotatable bonds is 3. The lowest BCUT2D eigenvalue weighted by atomic mass is 9.69. The summed E-state index contributed by atoms with van der Waals surface area (Å²) in [5, 5.41) is 4.37. The van der Waals surface area contributed by atoms with E-state index in [9.17, 15) is 0 Å². The first-order valence-electron chi connectivity index (χ1n) is 5.97. The average molecular weight is 223 g/mol. The van der Waals surface area contributed by atoms with Gasteiger partial charge in [-0.05, 0) is 47.1 Å². The predicted molar refractivity (Wildman–Crippen MR) is 67.2 cm³/mol. The Bertz CT molecular complexity index is 285. The van der Waals surface area contributed by atoms with Crippen LogP contribution < -0.4 is 5.73 Å². The Labute approximate surface area is 96.7 Å². The van der Waals surface area contributed by atoms with Crippen LogP contribution >= 0.6 is 11.3 Å². The topological polar surface area (TPSA) is 26.0 Å². The molecule has 0 bridgehead atoms. The molecule has 1 nitrogen and oxygen atoms in total. The second-order valence-electron chi connectivity index (χ2n) is 5.16. The van der Waals surface area contributed by atoms with Crippen molar-refractivity contribution < 1.29 is 0 Å². The lowest BCUT2D eigenvalue weighted by Crippen LogP contribution is -2.42. The lowest BCUT2D eigenvalue weighted by Gasteiger charge is -2.38. The molecule has 2 N–H and O–H groups in total. The van der Waals surface area contributed by atoms with Crippen molar-refractivity contribution in [2.75, 3.05) is 0 Å². The van der Waals surface area contributed by atoms with Crippen molar-refractivity contribution in [1.29, 1.82) is 0 Å². The third kappa shape index (κ3) is 2.61. The molecule has 1 fully saturated rings. The monoisotopic (exact) mass is 223 g/mol. The summed E-state index contributed by atoms with van der Waals surface area (Å²) in [5.41, 5.74) is 8.18. The van der Waals surface area contributed by atoms with Crippen LogP contribution in [0.2, 0.25) is 0 Å². The summed E-state index contributed by atoms with van der Waals surface area (Å²) < 4.78 is 0. The summed E-state index contributed by atoms with van der Waals surface area (Å²) in [6.45, 7) is 2.38. The number of thiophene rings is 1. The Morgan fingerprint density at radius 2 is 2.13 bits per heavy atom. The van der Waals surface area contributed by atoms with Gasteiger partial charge in [0.2, 0.25) is 0 Å². The highest BCUT2D eigenvalue weighted by Crippen LogP contribution is 2.39. The third-order valence-corrected chi connectivity index (χ3v) is 4.66. The molecule has 1 aromatic heterocycles. The molecule has 1 aliphatic rings. The Morgan fingerprint density at radius 1 is 1.40 bits per heavy atom. The summed E-state index contributed by atoms with van der Waals surface area (Å²) in [6, 6.07) is 2.55. The highest BCUT2D eigenvalue weighted by Gasteiger charge is 2.32. The van der Waals surface area contributed by atoms with Gasteiger partial charge >= 0.3 is 0 Å². The molecule has 1 heterocycles. The van der Waals surface area contributed by atoms with E-state index in [1.165, 1.54) is 37.7 Å². The summed E-state index contributed by atoms with van der Waals surface area (Å²) in [7, 11) is 0. The molecule has 1 aliphatic carbocycles. The fourth-order valence-electron chi connectivity index (χ4n) is 2.64. The van der Waals surface area contributed by atoms with E-state index in [-0.39, 0.29) is 0 Å². The van der Waals surface area contributed by atoms with Gasteiger partial charge in [0, 0.05) is 6.04 Å². The van der Waals surface area contributed by atoms with Crippen LogP contribution in [0.3, 0.4) is 0 Å². The number of hydrogen-bond acceptors (Lipinski definition) is 2. The normalized spacial score (nSPS) is 22.5. The minimum Gasteiger partial charge on any atom is -0.327 e. The highest BCUT2D eigenvalue weighted by molar-refractivity contribution is 7.07. The molecular weight excluding hydrogens is 202 g/mol. The first-order valence-corrected chi connectivity index (χ1v) is 6.92. The zero-order valence-corrected chi connectivity index (χ0v) is 10.4. The molecule has 0 aromatic carbocycles. The zero-order chi connectivity index (χ0) is 10.7. The molecular formula is C13H21NS. The van der Waals surface area contributed by atoms with Crippen molar-refractivity contribution in [2.45, 2.75) is 51.5 Å². The van der Waals surface area contributed by atoms with Crippen molar-refractivity contribution in [2.24, 2.45) is 11.1 Å². The van der Waals surface area contributed by atoms with Gasteiger partial charge in [-0.1, -0.05) is 26.2 Å². The summed E-state index contributed by atoms with van der Waals surface area (Å²) in [4.78, 5) is 0. The van der Waals surface area contributed by atoms with Crippen LogP contribution in [0.4, 0.5) is 0 Å². The number of hydrogen-bond donors (Lipinski definition) is 1. The van der Waals surface area contributed by atoms with Crippen LogP contribution in [0.15, 0.2) is 16.8 Å². The number of nitrogens with two attached hydrogens (primary N) is 1. The molecule has 2 heteroatoms. The summed E-state index contributed by atoms with van der Waals surface area (Å²) >= 11 is 1.77. The van der Waals surface area contributed by atoms with Crippen molar-refractivity contribution in [3.63, 3.8) is 0 Å². The molecule has 0 aliphatic heterocycles. The van der Waals surface area contributed by atoms with Gasteiger partial charge in [0.05, 0.1) is 0 Å². The average Bonchev–Trinajstić information content (AvgIpc) is 2.71. The van der Waals surface area contributed by atoms with Gasteiger partial charge in [-0.15, -0.1) is 0 Å². The van der Waals surface area contributed by atoms with Gasteiger partial charge < -0.3 is 5.73 Å². The molecule has 15 heavy (non-hydrogen) atoms. The van der Waals surface area contributed by atoms with E-state index in [1.54, 1.807) is 11.3 Å². The first kappa shape index (κ1) is 11.2. The van der Waals surface area contributed by atoms with E-state index < -0.39 is 0 Å². The quantitative estimate of drug-likeness (QED) is 0.832. The molecule has 0 radical (unpaired) electrons. The van der Waals surface area contributed by atoms with E-state index in [4.69, 9.17) is 5.73 Å². The fourth-order valence-corrected chi connectivity index (χ4v) is 3.32. The van der Waals surface area contributed by atoms with Crippen LogP contribution in [0.5, 0.6) is 0 Å². The van der Waals surface area contributed by atoms with Gasteiger partial charge in [-0.3, -0.25) is 0 Å². The fraction of sp³-hybridized carbons (Fsp3) is 0.692. The Balaban J connectivity index is 1.97. The molecule has 0 saturated heterocycles. The standard InChI is InChI=1S/C13H21NS/c1-13(6-3-2-4-7-13)12(14)9-11-5-8-15-10-11/h5,8,10,12H,2-4,6-7,9,14H2,1H3. The molecule has 84 valence electrons. The van der Waals surface area contributed by atoms with Gasteiger partial charge in [0.1, 0.15) is 0 Å². The van der Waals surface area contributed by atoms with E-state index in [0.717, 1.165) is 6.42 Å². The largest absolute Gasteiger partial charge is 0.327 e. The van der Waals surface area contributed by atoms with Crippen LogP contribution in [0, 0.1) is 5.41 Å². The smallest absolute Gasteiger partial charge is 0.0134 e.